The lowest BCUT2D eigenvalue weighted by molar-refractivity contribution is 0.395. The van der Waals surface area contributed by atoms with E-state index in [1.807, 2.05) is 0 Å². The van der Waals surface area contributed by atoms with Gasteiger partial charge in [0, 0.05) is 13.1 Å². The average molecular weight is 179 g/mol. The van der Waals surface area contributed by atoms with Gasteiger partial charge in [0.05, 0.1) is 0 Å². The van der Waals surface area contributed by atoms with Gasteiger partial charge >= 0.3 is 0 Å². The quantitative estimate of drug-likeness (QED) is 0.625. The van der Waals surface area contributed by atoms with Gasteiger partial charge in [-0.1, -0.05) is 31.9 Å². The minimum Gasteiger partial charge on any atom is -0.373 e. The van der Waals surface area contributed by atoms with E-state index >= 15 is 0 Å². The monoisotopic (exact) mass is 179 g/mol. The zero-order valence-electron chi connectivity index (χ0n) is 8.92. The molecule has 0 aliphatic carbocycles. The number of allylic oxidation sites excluding steroid dienone is 2. The van der Waals surface area contributed by atoms with E-state index in [2.05, 4.69) is 37.1 Å². The molecule has 1 aliphatic heterocycles. The van der Waals surface area contributed by atoms with Crippen molar-refractivity contribution in [2.24, 2.45) is 0 Å². The minimum atomic E-state index is 1.16. The van der Waals surface area contributed by atoms with Crippen LogP contribution in [0.5, 0.6) is 0 Å². The highest BCUT2D eigenvalue weighted by atomic mass is 15.1. The van der Waals surface area contributed by atoms with Crippen LogP contribution in [0.3, 0.4) is 0 Å². The smallest absolute Gasteiger partial charge is 0.0386 e. The number of unbranched alkanes of at least 4 members (excludes halogenated alkanes) is 1. The highest BCUT2D eigenvalue weighted by Gasteiger charge is 2.05. The van der Waals surface area contributed by atoms with Crippen molar-refractivity contribution in [2.75, 3.05) is 13.1 Å². The second-order valence-electron chi connectivity index (χ2n) is 3.74. The van der Waals surface area contributed by atoms with Gasteiger partial charge in [-0.25, -0.2) is 0 Å². The van der Waals surface area contributed by atoms with Gasteiger partial charge in [-0.2, -0.15) is 0 Å². The maximum Gasteiger partial charge on any atom is 0.0386 e. The summed E-state index contributed by atoms with van der Waals surface area (Å²) in [5.74, 6) is 0. The van der Waals surface area contributed by atoms with Gasteiger partial charge in [0.1, 0.15) is 0 Å². The summed E-state index contributed by atoms with van der Waals surface area (Å²) in [7, 11) is 0. The van der Waals surface area contributed by atoms with Crippen LogP contribution in [0.15, 0.2) is 23.9 Å². The Kier molecular flexibility index (Phi) is 4.66. The highest BCUT2D eigenvalue weighted by Crippen LogP contribution is 2.13. The Labute approximate surface area is 82.1 Å². The first-order valence-corrected chi connectivity index (χ1v) is 5.47. The highest BCUT2D eigenvalue weighted by molar-refractivity contribution is 5.18. The topological polar surface area (TPSA) is 3.24 Å². The van der Waals surface area contributed by atoms with Crippen LogP contribution in [0.4, 0.5) is 0 Å². The molecule has 0 unspecified atom stereocenters. The third-order valence-electron chi connectivity index (χ3n) is 2.40. The maximum atomic E-state index is 2.41. The molecule has 0 N–H and O–H groups in total. The summed E-state index contributed by atoms with van der Waals surface area (Å²) >= 11 is 0. The molecular formula is C12H21N. The molecule has 0 bridgehead atoms. The van der Waals surface area contributed by atoms with Crippen LogP contribution in [-0.2, 0) is 0 Å². The lowest BCUT2D eigenvalue weighted by Crippen LogP contribution is -2.22. The van der Waals surface area contributed by atoms with E-state index in [4.69, 9.17) is 0 Å². The predicted molar refractivity (Wildman–Crippen MR) is 58.6 cm³/mol. The molecule has 0 aromatic rings. The van der Waals surface area contributed by atoms with E-state index in [9.17, 15) is 0 Å². The van der Waals surface area contributed by atoms with E-state index in [1.165, 1.54) is 32.2 Å². The lowest BCUT2D eigenvalue weighted by Gasteiger charge is -2.24. The Morgan fingerprint density at radius 1 is 1.31 bits per heavy atom. The third kappa shape index (κ3) is 3.67. The van der Waals surface area contributed by atoms with Gasteiger partial charge in [0.2, 0.25) is 0 Å². The number of hydrogen-bond donors (Lipinski definition) is 0. The summed E-state index contributed by atoms with van der Waals surface area (Å²) in [4.78, 5) is 2.41. The summed E-state index contributed by atoms with van der Waals surface area (Å²) in [5, 5.41) is 0. The Bertz CT molecular complexity index is 191. The summed E-state index contributed by atoms with van der Waals surface area (Å²) in [6, 6.07) is 0. The fraction of sp³-hybridized carbons (Fsp3) is 0.667. The van der Waals surface area contributed by atoms with Crippen molar-refractivity contribution >= 4 is 0 Å². The summed E-state index contributed by atoms with van der Waals surface area (Å²) in [5.41, 5.74) is 1.60. The van der Waals surface area contributed by atoms with Crippen LogP contribution in [0.1, 0.15) is 39.5 Å². The molecule has 0 aromatic heterocycles. The van der Waals surface area contributed by atoms with Gasteiger partial charge < -0.3 is 4.90 Å². The molecule has 0 spiro atoms. The molecule has 1 aliphatic rings. The SMILES string of the molecule is CCCCC1=CC=CN(CCC)C1. The summed E-state index contributed by atoms with van der Waals surface area (Å²) < 4.78 is 0. The molecule has 1 heteroatoms. The molecule has 0 saturated heterocycles. The van der Waals surface area contributed by atoms with Crippen molar-refractivity contribution in [3.05, 3.63) is 23.9 Å². The van der Waals surface area contributed by atoms with Gasteiger partial charge in [-0.15, -0.1) is 0 Å². The molecule has 0 amide bonds. The molecule has 74 valence electrons. The van der Waals surface area contributed by atoms with Gasteiger partial charge in [0.25, 0.3) is 0 Å². The maximum absolute atomic E-state index is 2.41. The average Bonchev–Trinajstić information content (AvgIpc) is 2.16. The van der Waals surface area contributed by atoms with Crippen molar-refractivity contribution in [2.45, 2.75) is 39.5 Å². The molecule has 1 nitrogen and oxygen atoms in total. The van der Waals surface area contributed by atoms with Crippen molar-refractivity contribution < 1.29 is 0 Å². The van der Waals surface area contributed by atoms with E-state index in [0.29, 0.717) is 0 Å². The fourth-order valence-electron chi connectivity index (χ4n) is 1.67. The zero-order valence-corrected chi connectivity index (χ0v) is 8.92. The van der Waals surface area contributed by atoms with Gasteiger partial charge in [-0.3, -0.25) is 0 Å². The van der Waals surface area contributed by atoms with Crippen molar-refractivity contribution in [1.29, 1.82) is 0 Å². The Morgan fingerprint density at radius 3 is 2.85 bits per heavy atom. The predicted octanol–water partition coefficient (Wildman–Crippen LogP) is 3.34. The lowest BCUT2D eigenvalue weighted by atomic mass is 10.1. The van der Waals surface area contributed by atoms with E-state index in [-0.39, 0.29) is 0 Å². The second kappa shape index (κ2) is 5.85. The molecule has 0 radical (unpaired) electrons. The first-order valence-electron chi connectivity index (χ1n) is 5.47. The van der Waals surface area contributed by atoms with Gasteiger partial charge in [0.15, 0.2) is 0 Å². The molecule has 1 heterocycles. The van der Waals surface area contributed by atoms with Crippen LogP contribution in [0, 0.1) is 0 Å². The molecule has 1 rings (SSSR count). The van der Waals surface area contributed by atoms with E-state index < -0.39 is 0 Å². The Morgan fingerprint density at radius 2 is 2.15 bits per heavy atom. The van der Waals surface area contributed by atoms with Crippen LogP contribution in [0.25, 0.3) is 0 Å². The Balaban J connectivity index is 2.32. The van der Waals surface area contributed by atoms with E-state index in [0.717, 1.165) is 6.54 Å². The summed E-state index contributed by atoms with van der Waals surface area (Å²) in [6.45, 7) is 6.84. The zero-order chi connectivity index (χ0) is 9.52. The molecule has 0 saturated carbocycles. The standard InChI is InChI=1S/C12H21N/c1-3-5-7-12-8-6-10-13(11-12)9-4-2/h6,8,10H,3-5,7,9,11H2,1-2H3. The van der Waals surface area contributed by atoms with Crippen molar-refractivity contribution in [1.82, 2.24) is 4.90 Å². The normalized spacial score (nSPS) is 16.2. The van der Waals surface area contributed by atoms with Crippen LogP contribution in [-0.4, -0.2) is 18.0 Å². The third-order valence-corrected chi connectivity index (χ3v) is 2.40. The molecular weight excluding hydrogens is 158 g/mol. The molecule has 0 atom stereocenters. The molecule has 0 aromatic carbocycles. The first kappa shape index (κ1) is 10.4. The number of nitrogens with zero attached hydrogens (tertiary/aromatic N) is 1. The van der Waals surface area contributed by atoms with E-state index in [1.54, 1.807) is 5.57 Å². The van der Waals surface area contributed by atoms with Crippen molar-refractivity contribution in [3.63, 3.8) is 0 Å². The number of rotatable bonds is 5. The number of hydrogen-bond acceptors (Lipinski definition) is 1. The largest absolute Gasteiger partial charge is 0.373 e. The Hall–Kier alpha value is -0.720. The van der Waals surface area contributed by atoms with Gasteiger partial charge in [-0.05, 0) is 31.5 Å². The summed E-state index contributed by atoms with van der Waals surface area (Å²) in [6.07, 6.45) is 11.8. The second-order valence-corrected chi connectivity index (χ2v) is 3.74. The van der Waals surface area contributed by atoms with Crippen LogP contribution in [0.2, 0.25) is 0 Å². The van der Waals surface area contributed by atoms with Crippen molar-refractivity contribution in [3.8, 4) is 0 Å². The molecule has 0 fully saturated rings. The molecule has 13 heavy (non-hydrogen) atoms. The van der Waals surface area contributed by atoms with Crippen LogP contribution < -0.4 is 0 Å². The van der Waals surface area contributed by atoms with Crippen LogP contribution >= 0.6 is 0 Å². The minimum absolute atomic E-state index is 1.16. The fourth-order valence-corrected chi connectivity index (χ4v) is 1.67. The first-order chi connectivity index (χ1) is 6.36.